The molecule has 0 spiro atoms. The van der Waals surface area contributed by atoms with Crippen molar-refractivity contribution in [3.63, 3.8) is 0 Å². The van der Waals surface area contributed by atoms with Crippen LogP contribution >= 0.6 is 0 Å². The molecule has 0 aliphatic carbocycles. The highest BCUT2D eigenvalue weighted by Gasteiger charge is 2.26. The van der Waals surface area contributed by atoms with Crippen LogP contribution in [0.15, 0.2) is 18.2 Å². The molecule has 1 atom stereocenters. The second kappa shape index (κ2) is 5.54. The molecular weight excluding hydrogens is 246 g/mol. The van der Waals surface area contributed by atoms with Crippen molar-refractivity contribution in [1.29, 1.82) is 0 Å². The third-order valence-electron chi connectivity index (χ3n) is 3.72. The lowest BCUT2D eigenvalue weighted by Gasteiger charge is -2.38. The number of nitrogens with zero attached hydrogens (tertiary/aromatic N) is 3. The van der Waals surface area contributed by atoms with E-state index in [0.29, 0.717) is 17.3 Å². The molecule has 1 saturated heterocycles. The van der Waals surface area contributed by atoms with Crippen LogP contribution in [-0.4, -0.2) is 47.7 Å². The number of anilines is 1. The van der Waals surface area contributed by atoms with Gasteiger partial charge in [0.15, 0.2) is 0 Å². The highest BCUT2D eigenvalue weighted by atomic mass is 16.6. The zero-order valence-electron chi connectivity index (χ0n) is 11.2. The summed E-state index contributed by atoms with van der Waals surface area (Å²) in [5, 5.41) is 20.2. The van der Waals surface area contributed by atoms with Crippen molar-refractivity contribution in [3.8, 4) is 0 Å². The summed E-state index contributed by atoms with van der Waals surface area (Å²) < 4.78 is 0. The Balaban J connectivity index is 2.31. The van der Waals surface area contributed by atoms with Gasteiger partial charge in [-0.1, -0.05) is 6.07 Å². The molecular formula is C13H19N3O3. The van der Waals surface area contributed by atoms with E-state index in [1.165, 1.54) is 6.07 Å². The molecule has 1 unspecified atom stereocenters. The van der Waals surface area contributed by atoms with Crippen molar-refractivity contribution < 1.29 is 10.0 Å². The van der Waals surface area contributed by atoms with Crippen LogP contribution in [0.3, 0.4) is 0 Å². The number of piperazine rings is 1. The highest BCUT2D eigenvalue weighted by Crippen LogP contribution is 2.30. The van der Waals surface area contributed by atoms with E-state index in [-0.39, 0.29) is 17.2 Å². The summed E-state index contributed by atoms with van der Waals surface area (Å²) in [5.74, 6) is 0. The maximum absolute atomic E-state index is 11.2. The molecule has 0 amide bonds. The molecule has 1 N–H and O–H groups in total. The van der Waals surface area contributed by atoms with E-state index in [1.54, 1.807) is 12.1 Å². The van der Waals surface area contributed by atoms with Gasteiger partial charge in [0.2, 0.25) is 0 Å². The number of benzene rings is 1. The van der Waals surface area contributed by atoms with Gasteiger partial charge < -0.3 is 14.9 Å². The largest absolute Gasteiger partial charge is 0.392 e. The molecule has 1 aromatic rings. The molecule has 1 fully saturated rings. The van der Waals surface area contributed by atoms with Gasteiger partial charge in [-0.3, -0.25) is 10.1 Å². The minimum Gasteiger partial charge on any atom is -0.392 e. The Morgan fingerprint density at radius 3 is 2.79 bits per heavy atom. The summed E-state index contributed by atoms with van der Waals surface area (Å²) in [7, 11) is 2.06. The van der Waals surface area contributed by atoms with Crippen LogP contribution in [0.4, 0.5) is 11.4 Å². The number of nitro benzene ring substituents is 1. The minimum absolute atomic E-state index is 0.0725. The number of likely N-dealkylation sites (N-methyl/N-ethyl adjacent to an activating group) is 1. The number of hydrogen-bond acceptors (Lipinski definition) is 5. The molecule has 6 heteroatoms. The molecule has 104 valence electrons. The van der Waals surface area contributed by atoms with E-state index in [0.717, 1.165) is 19.6 Å². The van der Waals surface area contributed by atoms with Crippen molar-refractivity contribution in [1.82, 2.24) is 4.90 Å². The highest BCUT2D eigenvalue weighted by molar-refractivity contribution is 5.64. The van der Waals surface area contributed by atoms with Gasteiger partial charge in [-0.05, 0) is 25.6 Å². The number of aliphatic hydroxyl groups is 1. The van der Waals surface area contributed by atoms with Crippen LogP contribution in [0.5, 0.6) is 0 Å². The van der Waals surface area contributed by atoms with Crippen LogP contribution in [0.25, 0.3) is 0 Å². The monoisotopic (exact) mass is 265 g/mol. The first kappa shape index (κ1) is 13.8. The summed E-state index contributed by atoms with van der Waals surface area (Å²) in [6, 6.07) is 5.30. The Kier molecular flexibility index (Phi) is 4.01. The standard InChI is InChI=1S/C13H19N3O3/c1-10-8-15(6-5-14(10)2)12-4-3-11(9-17)7-13(12)16(18)19/h3-4,7,10,17H,5-6,8-9H2,1-2H3. The van der Waals surface area contributed by atoms with Crippen molar-refractivity contribution in [2.45, 2.75) is 19.6 Å². The van der Waals surface area contributed by atoms with E-state index in [4.69, 9.17) is 5.11 Å². The number of hydrogen-bond donors (Lipinski definition) is 1. The summed E-state index contributed by atoms with van der Waals surface area (Å²) in [6.45, 7) is 4.37. The molecule has 0 bridgehead atoms. The number of rotatable bonds is 3. The molecule has 19 heavy (non-hydrogen) atoms. The van der Waals surface area contributed by atoms with Crippen LogP contribution in [-0.2, 0) is 6.61 Å². The Hall–Kier alpha value is -1.66. The number of nitro groups is 1. The third-order valence-corrected chi connectivity index (χ3v) is 3.72. The Bertz CT molecular complexity index is 478. The second-order valence-electron chi connectivity index (χ2n) is 5.01. The molecule has 2 rings (SSSR count). The van der Waals surface area contributed by atoms with Crippen LogP contribution < -0.4 is 4.90 Å². The van der Waals surface area contributed by atoms with E-state index in [1.807, 2.05) is 4.90 Å². The van der Waals surface area contributed by atoms with Gasteiger partial charge in [-0.2, -0.15) is 0 Å². The van der Waals surface area contributed by atoms with Gasteiger partial charge in [0.1, 0.15) is 5.69 Å². The summed E-state index contributed by atoms with van der Waals surface area (Å²) in [5.41, 5.74) is 1.28. The molecule has 1 aliphatic heterocycles. The average Bonchev–Trinajstić information content (AvgIpc) is 2.41. The first-order chi connectivity index (χ1) is 9.02. The lowest BCUT2D eigenvalue weighted by atomic mass is 10.1. The topological polar surface area (TPSA) is 69.8 Å². The zero-order valence-corrected chi connectivity index (χ0v) is 11.2. The Morgan fingerprint density at radius 1 is 1.47 bits per heavy atom. The quantitative estimate of drug-likeness (QED) is 0.657. The van der Waals surface area contributed by atoms with Gasteiger partial charge in [0, 0.05) is 31.7 Å². The lowest BCUT2D eigenvalue weighted by molar-refractivity contribution is -0.384. The third kappa shape index (κ3) is 2.85. The van der Waals surface area contributed by atoms with E-state index < -0.39 is 0 Å². The molecule has 1 aromatic carbocycles. The van der Waals surface area contributed by atoms with E-state index >= 15 is 0 Å². The average molecular weight is 265 g/mol. The second-order valence-corrected chi connectivity index (χ2v) is 5.01. The Morgan fingerprint density at radius 2 is 2.21 bits per heavy atom. The van der Waals surface area contributed by atoms with Gasteiger partial charge in [0.25, 0.3) is 5.69 Å². The van der Waals surface area contributed by atoms with Crippen molar-refractivity contribution in [2.24, 2.45) is 0 Å². The molecule has 1 heterocycles. The van der Waals surface area contributed by atoms with E-state index in [2.05, 4.69) is 18.9 Å². The maximum Gasteiger partial charge on any atom is 0.292 e. The first-order valence-electron chi connectivity index (χ1n) is 6.36. The smallest absolute Gasteiger partial charge is 0.292 e. The van der Waals surface area contributed by atoms with Crippen LogP contribution in [0.2, 0.25) is 0 Å². The van der Waals surface area contributed by atoms with Gasteiger partial charge in [-0.25, -0.2) is 0 Å². The van der Waals surface area contributed by atoms with Gasteiger partial charge in [0.05, 0.1) is 11.5 Å². The SMILES string of the molecule is CC1CN(c2ccc(CO)cc2[N+](=O)[O-])CCN1C. The zero-order chi connectivity index (χ0) is 14.0. The summed E-state index contributed by atoms with van der Waals surface area (Å²) in [6.07, 6.45) is 0. The molecule has 0 saturated carbocycles. The predicted octanol–water partition coefficient (Wildman–Crippen LogP) is 1.23. The molecule has 1 aliphatic rings. The van der Waals surface area contributed by atoms with Crippen molar-refractivity contribution in [3.05, 3.63) is 33.9 Å². The predicted molar refractivity (Wildman–Crippen MR) is 73.3 cm³/mol. The fourth-order valence-electron chi connectivity index (χ4n) is 2.35. The number of aliphatic hydroxyl groups excluding tert-OH is 1. The molecule has 6 nitrogen and oxygen atoms in total. The minimum atomic E-state index is -0.377. The maximum atomic E-state index is 11.2. The van der Waals surface area contributed by atoms with Crippen molar-refractivity contribution >= 4 is 11.4 Å². The Labute approximate surface area is 112 Å². The molecule has 0 aromatic heterocycles. The fourth-order valence-corrected chi connectivity index (χ4v) is 2.35. The van der Waals surface area contributed by atoms with Crippen LogP contribution in [0, 0.1) is 10.1 Å². The van der Waals surface area contributed by atoms with Crippen LogP contribution in [0.1, 0.15) is 12.5 Å². The van der Waals surface area contributed by atoms with E-state index in [9.17, 15) is 10.1 Å². The summed E-state index contributed by atoms with van der Waals surface area (Å²) in [4.78, 5) is 15.1. The lowest BCUT2D eigenvalue weighted by Crippen LogP contribution is -2.50. The molecule has 0 radical (unpaired) electrons. The summed E-state index contributed by atoms with van der Waals surface area (Å²) >= 11 is 0. The first-order valence-corrected chi connectivity index (χ1v) is 6.36. The van der Waals surface area contributed by atoms with Gasteiger partial charge in [-0.15, -0.1) is 0 Å². The fraction of sp³-hybridized carbons (Fsp3) is 0.538. The van der Waals surface area contributed by atoms with Gasteiger partial charge >= 0.3 is 0 Å². The van der Waals surface area contributed by atoms with Crippen molar-refractivity contribution in [2.75, 3.05) is 31.6 Å². The normalized spacial score (nSPS) is 20.6.